The van der Waals surface area contributed by atoms with E-state index >= 15 is 0 Å². The van der Waals surface area contributed by atoms with Crippen molar-refractivity contribution >= 4 is 34.7 Å². The van der Waals surface area contributed by atoms with Crippen LogP contribution in [-0.4, -0.2) is 29.9 Å². The quantitative estimate of drug-likeness (QED) is 0.630. The highest BCUT2D eigenvalue weighted by atomic mass is 32.1. The van der Waals surface area contributed by atoms with Crippen molar-refractivity contribution in [3.05, 3.63) is 29.8 Å². The molecule has 0 aromatic heterocycles. The van der Waals surface area contributed by atoms with Crippen molar-refractivity contribution in [2.24, 2.45) is 5.73 Å². The van der Waals surface area contributed by atoms with E-state index in [0.29, 0.717) is 12.2 Å². The number of benzene rings is 1. The monoisotopic (exact) mass is 279 g/mol. The summed E-state index contributed by atoms with van der Waals surface area (Å²) in [4.78, 5) is 25.2. The van der Waals surface area contributed by atoms with E-state index in [1.54, 1.807) is 19.1 Å². The Morgan fingerprint density at radius 2 is 1.89 bits per heavy atom. The van der Waals surface area contributed by atoms with E-state index in [2.05, 4.69) is 17.5 Å². The van der Waals surface area contributed by atoms with Crippen molar-refractivity contribution in [3.8, 4) is 0 Å². The standard InChI is InChI=1S/C13H17N3O2S/c1-3-16(10-6-4-9(2)5-7-10)13(18)12(17)15-8-11(14)19/h4-7H,3,8H2,1-2H3,(H2,14,19)(H,15,17). The van der Waals surface area contributed by atoms with E-state index < -0.39 is 11.8 Å². The van der Waals surface area contributed by atoms with Gasteiger partial charge in [-0.25, -0.2) is 0 Å². The first kappa shape index (κ1) is 15.1. The zero-order valence-corrected chi connectivity index (χ0v) is 11.8. The second-order valence-electron chi connectivity index (χ2n) is 4.03. The average molecular weight is 279 g/mol. The number of aryl methyl sites for hydroxylation is 1. The van der Waals surface area contributed by atoms with Crippen LogP contribution in [0.15, 0.2) is 24.3 Å². The fraction of sp³-hybridized carbons (Fsp3) is 0.308. The van der Waals surface area contributed by atoms with E-state index in [4.69, 9.17) is 5.73 Å². The third kappa shape index (κ3) is 4.33. The Hall–Kier alpha value is -1.95. The lowest BCUT2D eigenvalue weighted by molar-refractivity contribution is -0.137. The number of thiocarbonyl (C=S) groups is 1. The Labute approximate surface area is 117 Å². The summed E-state index contributed by atoms with van der Waals surface area (Å²) in [5.74, 6) is -1.34. The van der Waals surface area contributed by atoms with Crippen LogP contribution in [0, 0.1) is 6.92 Å². The van der Waals surface area contributed by atoms with Gasteiger partial charge in [-0.3, -0.25) is 9.59 Å². The number of nitrogens with two attached hydrogens (primary N) is 1. The molecule has 102 valence electrons. The maximum atomic E-state index is 12.0. The molecule has 1 aromatic rings. The van der Waals surface area contributed by atoms with Gasteiger partial charge in [0.2, 0.25) is 0 Å². The molecule has 3 N–H and O–H groups in total. The Morgan fingerprint density at radius 1 is 1.32 bits per heavy atom. The van der Waals surface area contributed by atoms with Gasteiger partial charge in [0, 0.05) is 12.2 Å². The van der Waals surface area contributed by atoms with Crippen molar-refractivity contribution in [1.29, 1.82) is 0 Å². The summed E-state index contributed by atoms with van der Waals surface area (Å²) in [6.07, 6.45) is 0. The molecule has 0 bridgehead atoms. The molecule has 0 aliphatic heterocycles. The molecule has 0 fully saturated rings. The van der Waals surface area contributed by atoms with Crippen molar-refractivity contribution in [3.63, 3.8) is 0 Å². The summed E-state index contributed by atoms with van der Waals surface area (Å²) in [5.41, 5.74) is 7.04. The molecule has 1 aromatic carbocycles. The molecule has 19 heavy (non-hydrogen) atoms. The van der Waals surface area contributed by atoms with Crippen molar-refractivity contribution in [2.45, 2.75) is 13.8 Å². The van der Waals surface area contributed by atoms with Crippen molar-refractivity contribution < 1.29 is 9.59 Å². The fourth-order valence-corrected chi connectivity index (χ4v) is 1.61. The highest BCUT2D eigenvalue weighted by Gasteiger charge is 2.21. The minimum absolute atomic E-state index is 0.0192. The van der Waals surface area contributed by atoms with Gasteiger partial charge in [0.05, 0.1) is 11.5 Å². The maximum absolute atomic E-state index is 12.0. The van der Waals surface area contributed by atoms with Crippen LogP contribution in [0.5, 0.6) is 0 Å². The lowest BCUT2D eigenvalue weighted by atomic mass is 10.2. The number of carbonyl (C=O) groups excluding carboxylic acids is 2. The smallest absolute Gasteiger partial charge is 0.316 e. The molecule has 0 radical (unpaired) electrons. The normalized spacial score (nSPS) is 9.79. The van der Waals surface area contributed by atoms with Gasteiger partial charge in [-0.15, -0.1) is 0 Å². The van der Waals surface area contributed by atoms with Gasteiger partial charge in [-0.05, 0) is 26.0 Å². The fourth-order valence-electron chi connectivity index (χ4n) is 1.53. The molecule has 5 nitrogen and oxygen atoms in total. The van der Waals surface area contributed by atoms with Crippen molar-refractivity contribution in [1.82, 2.24) is 5.32 Å². The molecule has 0 saturated heterocycles. The van der Waals surface area contributed by atoms with Crippen LogP contribution in [-0.2, 0) is 9.59 Å². The largest absolute Gasteiger partial charge is 0.392 e. The first-order valence-corrected chi connectivity index (χ1v) is 6.31. The lowest BCUT2D eigenvalue weighted by Crippen LogP contribution is -2.45. The molecule has 0 unspecified atom stereocenters. The van der Waals surface area contributed by atoms with Gasteiger partial charge in [-0.1, -0.05) is 29.9 Å². The molecule has 0 spiro atoms. The summed E-state index contributed by atoms with van der Waals surface area (Å²) in [7, 11) is 0. The number of hydrogen-bond acceptors (Lipinski definition) is 3. The van der Waals surface area contributed by atoms with E-state index in [1.807, 2.05) is 19.1 Å². The van der Waals surface area contributed by atoms with E-state index in [-0.39, 0.29) is 11.5 Å². The minimum Gasteiger partial charge on any atom is -0.392 e. The van der Waals surface area contributed by atoms with Gasteiger partial charge >= 0.3 is 11.8 Å². The summed E-state index contributed by atoms with van der Waals surface area (Å²) in [5, 5.41) is 2.38. The van der Waals surface area contributed by atoms with Gasteiger partial charge in [0.1, 0.15) is 0 Å². The van der Waals surface area contributed by atoms with Crippen LogP contribution in [0.2, 0.25) is 0 Å². The first-order chi connectivity index (χ1) is 8.95. The Kier molecular flexibility index (Phi) is 5.44. The van der Waals surface area contributed by atoms with Crippen LogP contribution in [0.25, 0.3) is 0 Å². The third-order valence-corrected chi connectivity index (χ3v) is 2.67. The number of nitrogens with one attached hydrogen (secondary N) is 1. The van der Waals surface area contributed by atoms with E-state index in [9.17, 15) is 9.59 Å². The Morgan fingerprint density at radius 3 is 2.37 bits per heavy atom. The third-order valence-electron chi connectivity index (χ3n) is 2.52. The highest BCUT2D eigenvalue weighted by Crippen LogP contribution is 2.14. The zero-order chi connectivity index (χ0) is 14.4. The molecule has 0 saturated carbocycles. The number of hydrogen-bond donors (Lipinski definition) is 2. The SMILES string of the molecule is CCN(C(=O)C(=O)NCC(N)=S)c1ccc(C)cc1. The molecule has 0 aliphatic carbocycles. The molecular weight excluding hydrogens is 262 g/mol. The summed E-state index contributed by atoms with van der Waals surface area (Å²) >= 11 is 4.64. The highest BCUT2D eigenvalue weighted by molar-refractivity contribution is 7.80. The molecule has 0 heterocycles. The van der Waals surface area contributed by atoms with Crippen LogP contribution in [0.1, 0.15) is 12.5 Å². The molecule has 1 rings (SSSR count). The van der Waals surface area contributed by atoms with Gasteiger partial charge in [-0.2, -0.15) is 0 Å². The number of likely N-dealkylation sites (N-methyl/N-ethyl adjacent to an activating group) is 1. The zero-order valence-electron chi connectivity index (χ0n) is 11.0. The summed E-state index contributed by atoms with van der Waals surface area (Å²) < 4.78 is 0. The molecular formula is C13H17N3O2S. The number of anilines is 1. The van der Waals surface area contributed by atoms with Crippen molar-refractivity contribution in [2.75, 3.05) is 18.0 Å². The Balaban J connectivity index is 2.79. The summed E-state index contributed by atoms with van der Waals surface area (Å²) in [6, 6.07) is 7.38. The van der Waals surface area contributed by atoms with E-state index in [1.165, 1.54) is 4.90 Å². The van der Waals surface area contributed by atoms with Gasteiger partial charge in [0.25, 0.3) is 0 Å². The van der Waals surface area contributed by atoms with Crippen LogP contribution in [0.3, 0.4) is 0 Å². The first-order valence-electron chi connectivity index (χ1n) is 5.90. The number of nitrogens with zero attached hydrogens (tertiary/aromatic N) is 1. The maximum Gasteiger partial charge on any atom is 0.316 e. The summed E-state index contributed by atoms with van der Waals surface area (Å²) in [6.45, 7) is 4.18. The second-order valence-corrected chi connectivity index (χ2v) is 4.56. The number of amides is 2. The Bertz CT molecular complexity index is 485. The van der Waals surface area contributed by atoms with Gasteiger partial charge in [0.15, 0.2) is 0 Å². The van der Waals surface area contributed by atoms with Crippen LogP contribution < -0.4 is 16.0 Å². The molecule has 2 amide bonds. The van der Waals surface area contributed by atoms with Crippen LogP contribution >= 0.6 is 12.2 Å². The molecule has 0 atom stereocenters. The lowest BCUT2D eigenvalue weighted by Gasteiger charge is -2.20. The molecule has 6 heteroatoms. The topological polar surface area (TPSA) is 75.4 Å². The predicted molar refractivity (Wildman–Crippen MR) is 79.0 cm³/mol. The van der Waals surface area contributed by atoms with Gasteiger partial charge < -0.3 is 16.0 Å². The number of carbonyl (C=O) groups is 2. The minimum atomic E-state index is -0.713. The van der Waals surface area contributed by atoms with E-state index in [0.717, 1.165) is 5.56 Å². The predicted octanol–water partition coefficient (Wildman–Crippen LogP) is 0.750. The molecule has 0 aliphatic rings. The van der Waals surface area contributed by atoms with Crippen LogP contribution in [0.4, 0.5) is 5.69 Å². The average Bonchev–Trinajstić information content (AvgIpc) is 2.38. The second kappa shape index (κ2) is 6.84. The number of rotatable bonds is 4.